The van der Waals surface area contributed by atoms with Gasteiger partial charge < -0.3 is 4.74 Å². The number of carbonyl (C=O) groups is 2. The molecule has 0 heterocycles. The van der Waals surface area contributed by atoms with Crippen molar-refractivity contribution >= 4 is 11.8 Å². The summed E-state index contributed by atoms with van der Waals surface area (Å²) in [6.45, 7) is 10.3. The number of carbonyl (C=O) groups excluding carboxylic acids is 2. The number of hydrogen-bond acceptors (Lipinski definition) is 3. The van der Waals surface area contributed by atoms with Gasteiger partial charge in [0.2, 0.25) is 0 Å². The molecule has 2 aliphatic rings. The van der Waals surface area contributed by atoms with Gasteiger partial charge in [0, 0.05) is 18.3 Å². The Morgan fingerprint density at radius 1 is 1.48 bits per heavy atom. The lowest BCUT2D eigenvalue weighted by Crippen LogP contribution is -2.37. The Balaban J connectivity index is 2.02. The molecule has 0 aromatic heterocycles. The van der Waals surface area contributed by atoms with Crippen LogP contribution < -0.4 is 0 Å². The number of ketones is 1. The standard InChI is InChI=1S/C18H28O3/c1-12(11-21-16(20)17(2,3)4)13-8-9-14-15(19)7-6-10-18(13,14)5/h8,12,14H,6-7,9-11H2,1-5H3/t12-,14-,18+/m0/s1. The molecule has 118 valence electrons. The highest BCUT2D eigenvalue weighted by Gasteiger charge is 2.48. The van der Waals surface area contributed by atoms with Crippen LogP contribution in [0.1, 0.15) is 60.3 Å². The minimum absolute atomic E-state index is 0.0110. The van der Waals surface area contributed by atoms with Crippen LogP contribution in [0.3, 0.4) is 0 Å². The topological polar surface area (TPSA) is 43.4 Å². The Morgan fingerprint density at radius 3 is 2.76 bits per heavy atom. The SMILES string of the molecule is C[C@@H](COC(=O)C(C)(C)C)C1=CC[C@H]2C(=O)CCC[C@]12C. The molecule has 0 aliphatic heterocycles. The fourth-order valence-corrected chi connectivity index (χ4v) is 3.82. The van der Waals surface area contributed by atoms with E-state index in [9.17, 15) is 9.59 Å². The second kappa shape index (κ2) is 5.58. The molecule has 3 nitrogen and oxygen atoms in total. The molecule has 0 amide bonds. The molecule has 0 unspecified atom stereocenters. The summed E-state index contributed by atoms with van der Waals surface area (Å²) in [5.41, 5.74) is 0.849. The number of ether oxygens (including phenoxy) is 1. The van der Waals surface area contributed by atoms with Crippen molar-refractivity contribution in [2.75, 3.05) is 6.61 Å². The number of allylic oxidation sites excluding steroid dienone is 1. The highest BCUT2D eigenvalue weighted by Crippen LogP contribution is 2.53. The first-order valence-corrected chi connectivity index (χ1v) is 8.06. The predicted molar refractivity (Wildman–Crippen MR) is 82.7 cm³/mol. The maximum atomic E-state index is 12.1. The van der Waals surface area contributed by atoms with Gasteiger partial charge >= 0.3 is 5.97 Å². The first kappa shape index (κ1) is 16.3. The lowest BCUT2D eigenvalue weighted by Gasteiger charge is -2.40. The van der Waals surface area contributed by atoms with Gasteiger partial charge in [-0.1, -0.05) is 25.5 Å². The number of fused-ring (bicyclic) bond motifs is 1. The highest BCUT2D eigenvalue weighted by atomic mass is 16.5. The van der Waals surface area contributed by atoms with Crippen LogP contribution in [0.2, 0.25) is 0 Å². The number of Topliss-reactive ketones (excluding diaryl/α,β-unsaturated/α-hetero) is 1. The smallest absolute Gasteiger partial charge is 0.311 e. The number of esters is 1. The maximum Gasteiger partial charge on any atom is 0.311 e. The van der Waals surface area contributed by atoms with Crippen molar-refractivity contribution in [2.24, 2.45) is 22.7 Å². The summed E-state index contributed by atoms with van der Waals surface area (Å²) in [5, 5.41) is 0. The summed E-state index contributed by atoms with van der Waals surface area (Å²) in [6, 6.07) is 0. The zero-order chi connectivity index (χ0) is 15.8. The average molecular weight is 292 g/mol. The summed E-state index contributed by atoms with van der Waals surface area (Å²) < 4.78 is 5.47. The molecule has 0 spiro atoms. The molecule has 0 aromatic rings. The first-order chi connectivity index (χ1) is 9.66. The molecule has 2 rings (SSSR count). The van der Waals surface area contributed by atoms with E-state index in [1.165, 1.54) is 5.57 Å². The van der Waals surface area contributed by atoms with Crippen LogP contribution in [0, 0.1) is 22.7 Å². The Morgan fingerprint density at radius 2 is 2.14 bits per heavy atom. The summed E-state index contributed by atoms with van der Waals surface area (Å²) in [7, 11) is 0. The van der Waals surface area contributed by atoms with E-state index in [1.807, 2.05) is 20.8 Å². The largest absolute Gasteiger partial charge is 0.465 e. The predicted octanol–water partition coefficient (Wildman–Crippen LogP) is 3.92. The molecule has 21 heavy (non-hydrogen) atoms. The third-order valence-corrected chi connectivity index (χ3v) is 5.12. The van der Waals surface area contributed by atoms with E-state index in [1.54, 1.807) is 0 Å². The van der Waals surface area contributed by atoms with Gasteiger partial charge in [0.1, 0.15) is 5.78 Å². The van der Waals surface area contributed by atoms with Gasteiger partial charge in [-0.3, -0.25) is 9.59 Å². The number of hydrogen-bond donors (Lipinski definition) is 0. The first-order valence-electron chi connectivity index (χ1n) is 8.06. The van der Waals surface area contributed by atoms with Gasteiger partial charge in [-0.05, 0) is 45.4 Å². The summed E-state index contributed by atoms with van der Waals surface area (Å²) in [6.07, 6.45) is 5.88. The van der Waals surface area contributed by atoms with Crippen molar-refractivity contribution in [3.63, 3.8) is 0 Å². The van der Waals surface area contributed by atoms with Gasteiger partial charge in [-0.25, -0.2) is 0 Å². The third-order valence-electron chi connectivity index (χ3n) is 5.12. The van der Waals surface area contributed by atoms with Crippen molar-refractivity contribution in [1.82, 2.24) is 0 Å². The molecule has 0 aromatic carbocycles. The second-order valence-electron chi connectivity index (χ2n) is 7.93. The normalized spacial score (nSPS) is 30.6. The maximum absolute atomic E-state index is 12.1. The summed E-state index contributed by atoms with van der Waals surface area (Å²) >= 11 is 0. The van der Waals surface area contributed by atoms with Gasteiger partial charge in [0.15, 0.2) is 0 Å². The van der Waals surface area contributed by atoms with Crippen LogP contribution in [0.5, 0.6) is 0 Å². The van der Waals surface area contributed by atoms with E-state index in [-0.39, 0.29) is 23.2 Å². The molecule has 3 atom stereocenters. The molecule has 3 heteroatoms. The van der Waals surface area contributed by atoms with Crippen LogP contribution in [0.25, 0.3) is 0 Å². The Hall–Kier alpha value is -1.12. The summed E-state index contributed by atoms with van der Waals surface area (Å²) in [5.74, 6) is 0.600. The molecular weight excluding hydrogens is 264 g/mol. The van der Waals surface area contributed by atoms with Gasteiger partial charge in [-0.15, -0.1) is 0 Å². The van der Waals surface area contributed by atoms with Crippen molar-refractivity contribution < 1.29 is 14.3 Å². The zero-order valence-electron chi connectivity index (χ0n) is 14.0. The number of rotatable bonds is 3. The van der Waals surface area contributed by atoms with Gasteiger partial charge in [-0.2, -0.15) is 0 Å². The second-order valence-corrected chi connectivity index (χ2v) is 7.93. The van der Waals surface area contributed by atoms with Crippen molar-refractivity contribution in [3.8, 4) is 0 Å². The monoisotopic (exact) mass is 292 g/mol. The van der Waals surface area contributed by atoms with Crippen LogP contribution >= 0.6 is 0 Å². The molecule has 1 saturated carbocycles. The fourth-order valence-electron chi connectivity index (χ4n) is 3.82. The Bertz CT molecular complexity index is 469. The van der Waals surface area contributed by atoms with Crippen LogP contribution in [0.15, 0.2) is 11.6 Å². The van der Waals surface area contributed by atoms with Crippen LogP contribution in [0.4, 0.5) is 0 Å². The van der Waals surface area contributed by atoms with Crippen molar-refractivity contribution in [3.05, 3.63) is 11.6 Å². The lowest BCUT2D eigenvalue weighted by atomic mass is 9.64. The van der Waals surface area contributed by atoms with E-state index in [2.05, 4.69) is 19.9 Å². The van der Waals surface area contributed by atoms with E-state index in [0.717, 1.165) is 25.7 Å². The molecule has 0 radical (unpaired) electrons. The molecule has 0 saturated heterocycles. The van der Waals surface area contributed by atoms with Gasteiger partial charge in [0.25, 0.3) is 0 Å². The lowest BCUT2D eigenvalue weighted by molar-refractivity contribution is -0.154. The molecular formula is C18H28O3. The third kappa shape index (κ3) is 3.07. The molecule has 2 aliphatic carbocycles. The van der Waals surface area contributed by atoms with E-state index >= 15 is 0 Å². The molecule has 0 bridgehead atoms. The van der Waals surface area contributed by atoms with Crippen molar-refractivity contribution in [1.29, 1.82) is 0 Å². The fraction of sp³-hybridized carbons (Fsp3) is 0.778. The Labute approximate surface area is 128 Å². The van der Waals surface area contributed by atoms with E-state index in [0.29, 0.717) is 12.4 Å². The average Bonchev–Trinajstić information content (AvgIpc) is 2.73. The van der Waals surface area contributed by atoms with Gasteiger partial charge in [0.05, 0.1) is 12.0 Å². The quantitative estimate of drug-likeness (QED) is 0.585. The van der Waals surface area contributed by atoms with E-state index < -0.39 is 5.41 Å². The molecule has 1 fully saturated rings. The zero-order valence-corrected chi connectivity index (χ0v) is 14.0. The van der Waals surface area contributed by atoms with Crippen LogP contribution in [-0.4, -0.2) is 18.4 Å². The minimum Gasteiger partial charge on any atom is -0.465 e. The Kier molecular flexibility index (Phi) is 4.32. The highest BCUT2D eigenvalue weighted by molar-refractivity contribution is 5.84. The minimum atomic E-state index is -0.461. The summed E-state index contributed by atoms with van der Waals surface area (Å²) in [4.78, 5) is 24.0. The molecule has 0 N–H and O–H groups in total. The van der Waals surface area contributed by atoms with Crippen LogP contribution in [-0.2, 0) is 14.3 Å². The van der Waals surface area contributed by atoms with E-state index in [4.69, 9.17) is 4.74 Å². The van der Waals surface area contributed by atoms with Crippen molar-refractivity contribution in [2.45, 2.75) is 60.3 Å².